The van der Waals surface area contributed by atoms with E-state index >= 15 is 0 Å². The Hall–Kier alpha value is -1.27. The zero-order valence-electron chi connectivity index (χ0n) is 20.4. The van der Waals surface area contributed by atoms with E-state index in [0.29, 0.717) is 106 Å². The molecule has 11 heteroatoms. The minimum absolute atomic E-state index is 0.294. The molecule has 0 aromatic heterocycles. The van der Waals surface area contributed by atoms with Crippen LogP contribution >= 0.6 is 0 Å². The lowest BCUT2D eigenvalue weighted by molar-refractivity contribution is -0.0737. The van der Waals surface area contributed by atoms with Gasteiger partial charge in [0, 0.05) is 37.2 Å². The maximum atomic E-state index is 8.17. The van der Waals surface area contributed by atoms with Crippen molar-refractivity contribution in [3.8, 4) is 0 Å². The summed E-state index contributed by atoms with van der Waals surface area (Å²) in [5.41, 5.74) is 7.87. The zero-order chi connectivity index (χ0) is 24.3. The second-order valence-electron chi connectivity index (χ2n) is 7.47. The molecule has 0 aliphatic heterocycles. The molecule has 0 bridgehead atoms. The van der Waals surface area contributed by atoms with E-state index in [1.165, 1.54) is 0 Å². The quantitative estimate of drug-likeness (QED) is 0.0582. The summed E-state index contributed by atoms with van der Waals surface area (Å²) in [6, 6.07) is 0. The Labute approximate surface area is 198 Å². The van der Waals surface area contributed by atoms with Crippen LogP contribution in [-0.2, 0) is 37.9 Å². The lowest BCUT2D eigenvalue weighted by Crippen LogP contribution is -2.35. The van der Waals surface area contributed by atoms with Crippen molar-refractivity contribution in [2.45, 2.75) is 13.3 Å². The van der Waals surface area contributed by atoms with Crippen LogP contribution in [0.2, 0.25) is 0 Å². The van der Waals surface area contributed by atoms with Gasteiger partial charge in [-0.2, -0.15) is 0 Å². The second kappa shape index (κ2) is 25.4. The lowest BCUT2D eigenvalue weighted by atomic mass is 9.94. The topological polar surface area (TPSA) is 123 Å². The van der Waals surface area contributed by atoms with Crippen LogP contribution in [0.4, 0.5) is 0 Å². The Kier molecular flexibility index (Phi) is 24.4. The standard InChI is InChI=1S/C22H43N3O8/c1-4-7-31-19-22(2,20-32-17-15-29-13-11-27-9-5-8-26-3)21-33-18-16-30-14-12-28-10-6-24-25-23/h4H,1,5-21H2,2-3H3. The number of ether oxygens (including phenoxy) is 8. The van der Waals surface area contributed by atoms with Crippen molar-refractivity contribution in [3.05, 3.63) is 23.1 Å². The molecule has 194 valence electrons. The molecule has 0 spiro atoms. The van der Waals surface area contributed by atoms with Crippen LogP contribution in [0.3, 0.4) is 0 Å². The molecule has 0 aliphatic rings. The number of azide groups is 1. The Morgan fingerprint density at radius 3 is 1.73 bits per heavy atom. The van der Waals surface area contributed by atoms with Gasteiger partial charge in [-0.1, -0.05) is 18.1 Å². The van der Waals surface area contributed by atoms with E-state index in [1.54, 1.807) is 13.2 Å². The molecule has 33 heavy (non-hydrogen) atoms. The van der Waals surface area contributed by atoms with Gasteiger partial charge in [0.15, 0.2) is 0 Å². The van der Waals surface area contributed by atoms with Crippen molar-refractivity contribution >= 4 is 0 Å². The summed E-state index contributed by atoms with van der Waals surface area (Å²) in [7, 11) is 1.68. The molecule has 0 radical (unpaired) electrons. The molecular formula is C22H43N3O8. The zero-order valence-corrected chi connectivity index (χ0v) is 20.4. The molecule has 0 fully saturated rings. The van der Waals surface area contributed by atoms with Gasteiger partial charge in [-0.3, -0.25) is 0 Å². The smallest absolute Gasteiger partial charge is 0.0701 e. The first kappa shape index (κ1) is 31.7. The van der Waals surface area contributed by atoms with Crippen LogP contribution in [0.5, 0.6) is 0 Å². The number of hydrogen-bond donors (Lipinski definition) is 0. The molecular weight excluding hydrogens is 434 g/mol. The fraction of sp³-hybridized carbons (Fsp3) is 0.909. The van der Waals surface area contributed by atoms with Gasteiger partial charge in [0.25, 0.3) is 0 Å². The van der Waals surface area contributed by atoms with Crippen LogP contribution in [-0.4, -0.2) is 113 Å². The van der Waals surface area contributed by atoms with Crippen molar-refractivity contribution < 1.29 is 37.9 Å². The predicted octanol–water partition coefficient (Wildman–Crippen LogP) is 2.64. The van der Waals surface area contributed by atoms with E-state index in [9.17, 15) is 0 Å². The monoisotopic (exact) mass is 477 g/mol. The minimum Gasteiger partial charge on any atom is -0.385 e. The molecule has 11 nitrogen and oxygen atoms in total. The fourth-order valence-corrected chi connectivity index (χ4v) is 2.49. The molecule has 0 amide bonds. The number of methoxy groups -OCH3 is 1. The molecule has 0 saturated carbocycles. The molecule has 0 aliphatic carbocycles. The number of rotatable bonds is 27. The van der Waals surface area contributed by atoms with E-state index in [1.807, 2.05) is 0 Å². The van der Waals surface area contributed by atoms with Crippen LogP contribution in [0.15, 0.2) is 17.8 Å². The Bertz CT molecular complexity index is 481. The summed E-state index contributed by atoms with van der Waals surface area (Å²) >= 11 is 0. The minimum atomic E-state index is -0.294. The third-order valence-corrected chi connectivity index (χ3v) is 4.11. The van der Waals surface area contributed by atoms with E-state index in [4.69, 9.17) is 43.4 Å². The van der Waals surface area contributed by atoms with E-state index < -0.39 is 0 Å². The fourth-order valence-electron chi connectivity index (χ4n) is 2.49. The highest BCUT2D eigenvalue weighted by Crippen LogP contribution is 2.18. The van der Waals surface area contributed by atoms with Gasteiger partial charge in [-0.25, -0.2) is 0 Å². The molecule has 1 atom stereocenters. The van der Waals surface area contributed by atoms with Gasteiger partial charge in [-0.15, -0.1) is 6.58 Å². The summed E-state index contributed by atoms with van der Waals surface area (Å²) in [6.45, 7) is 13.7. The maximum Gasteiger partial charge on any atom is 0.0701 e. The number of hydrogen-bond acceptors (Lipinski definition) is 9. The summed E-state index contributed by atoms with van der Waals surface area (Å²) in [5, 5.41) is 3.39. The van der Waals surface area contributed by atoms with Gasteiger partial charge in [-0.05, 0) is 12.0 Å². The van der Waals surface area contributed by atoms with Crippen LogP contribution < -0.4 is 0 Å². The van der Waals surface area contributed by atoms with Crippen molar-refractivity contribution in [2.75, 3.05) is 113 Å². The largest absolute Gasteiger partial charge is 0.385 e. The van der Waals surface area contributed by atoms with Crippen molar-refractivity contribution in [3.63, 3.8) is 0 Å². The summed E-state index contributed by atoms with van der Waals surface area (Å²) in [6.07, 6.45) is 2.60. The SMILES string of the molecule is C=CCOCC(C)(COCCOCCOCCCOC)COCCOCCOCCN=[N+]=[N-]. The normalized spacial score (nSPS) is 12.9. The van der Waals surface area contributed by atoms with Gasteiger partial charge in [0.1, 0.15) is 0 Å². The summed E-state index contributed by atoms with van der Waals surface area (Å²) < 4.78 is 43.9. The van der Waals surface area contributed by atoms with Crippen LogP contribution in [0.1, 0.15) is 13.3 Å². The third-order valence-electron chi connectivity index (χ3n) is 4.11. The second-order valence-corrected chi connectivity index (χ2v) is 7.47. The van der Waals surface area contributed by atoms with Gasteiger partial charge >= 0.3 is 0 Å². The summed E-state index contributed by atoms with van der Waals surface area (Å²) in [5.74, 6) is 0. The predicted molar refractivity (Wildman–Crippen MR) is 125 cm³/mol. The molecule has 0 aromatic carbocycles. The molecule has 0 aromatic rings. The van der Waals surface area contributed by atoms with Gasteiger partial charge in [0.05, 0.1) is 85.9 Å². The summed E-state index contributed by atoms with van der Waals surface area (Å²) in [4.78, 5) is 2.66. The average molecular weight is 478 g/mol. The average Bonchev–Trinajstić information content (AvgIpc) is 2.81. The number of nitrogens with zero attached hydrogens (tertiary/aromatic N) is 3. The highest BCUT2D eigenvalue weighted by Gasteiger charge is 2.25. The Morgan fingerprint density at radius 1 is 0.727 bits per heavy atom. The van der Waals surface area contributed by atoms with Crippen molar-refractivity contribution in [2.24, 2.45) is 10.5 Å². The molecule has 1 unspecified atom stereocenters. The lowest BCUT2D eigenvalue weighted by Gasteiger charge is -2.29. The highest BCUT2D eigenvalue weighted by atomic mass is 16.6. The van der Waals surface area contributed by atoms with Gasteiger partial charge in [0.2, 0.25) is 0 Å². The van der Waals surface area contributed by atoms with E-state index in [-0.39, 0.29) is 5.41 Å². The first-order valence-electron chi connectivity index (χ1n) is 11.3. The van der Waals surface area contributed by atoms with Crippen molar-refractivity contribution in [1.82, 2.24) is 0 Å². The molecule has 0 saturated heterocycles. The third kappa shape index (κ3) is 23.7. The van der Waals surface area contributed by atoms with E-state index in [2.05, 4.69) is 23.5 Å². The Morgan fingerprint density at radius 2 is 1.21 bits per heavy atom. The maximum absolute atomic E-state index is 8.17. The van der Waals surface area contributed by atoms with Gasteiger partial charge < -0.3 is 37.9 Å². The van der Waals surface area contributed by atoms with E-state index in [0.717, 1.165) is 6.42 Å². The molecule has 0 rings (SSSR count). The first-order chi connectivity index (χ1) is 16.2. The Balaban J connectivity index is 3.82. The molecule has 0 heterocycles. The first-order valence-corrected chi connectivity index (χ1v) is 11.3. The molecule has 0 N–H and O–H groups in total. The van der Waals surface area contributed by atoms with Crippen LogP contribution in [0, 0.1) is 5.41 Å². The van der Waals surface area contributed by atoms with Crippen molar-refractivity contribution in [1.29, 1.82) is 0 Å². The highest BCUT2D eigenvalue weighted by molar-refractivity contribution is 4.75. The van der Waals surface area contributed by atoms with Crippen LogP contribution in [0.25, 0.3) is 10.4 Å².